The van der Waals surface area contributed by atoms with Crippen LogP contribution in [0, 0.1) is 5.82 Å². The van der Waals surface area contributed by atoms with Gasteiger partial charge >= 0.3 is 0 Å². The third-order valence-corrected chi connectivity index (χ3v) is 7.22. The van der Waals surface area contributed by atoms with Gasteiger partial charge in [-0.1, -0.05) is 50.2 Å². The van der Waals surface area contributed by atoms with Crippen LogP contribution in [-0.2, 0) is 15.8 Å². The van der Waals surface area contributed by atoms with Crippen molar-refractivity contribution in [1.29, 1.82) is 0 Å². The zero-order valence-corrected chi connectivity index (χ0v) is 23.1. The first kappa shape index (κ1) is 28.3. The van der Waals surface area contributed by atoms with Gasteiger partial charge in [-0.05, 0) is 49.3 Å². The number of benzene rings is 2. The van der Waals surface area contributed by atoms with E-state index in [1.165, 1.54) is 12.1 Å². The second-order valence-corrected chi connectivity index (χ2v) is 11.7. The number of hydrogen-bond acceptors (Lipinski definition) is 7. The Labute approximate surface area is 227 Å². The average molecular weight is 555 g/mol. The minimum Gasteiger partial charge on any atom is -0.351 e. The molecule has 0 aliphatic heterocycles. The highest BCUT2D eigenvalue weighted by Crippen LogP contribution is 2.30. The maximum absolute atomic E-state index is 15.0. The highest BCUT2D eigenvalue weighted by atomic mass is 32.2. The molecule has 206 valence electrons. The number of nitrogens with zero attached hydrogens (tertiary/aromatic N) is 4. The average Bonchev–Trinajstić information content (AvgIpc) is 2.87. The summed E-state index contributed by atoms with van der Waals surface area (Å²) in [6.07, 6.45) is 0.479. The van der Waals surface area contributed by atoms with Gasteiger partial charge in [0.25, 0.3) is 0 Å². The topological polar surface area (TPSA) is 100 Å². The van der Waals surface area contributed by atoms with Crippen molar-refractivity contribution in [2.24, 2.45) is 0 Å². The van der Waals surface area contributed by atoms with Gasteiger partial charge in [0.15, 0.2) is 0 Å². The standard InChI is InChI=1S/C28H32F2N6O2S/c1-18(2)22-13-25(33-26-15-32-28(34-27(22)26)31-14-21(29)16-36(3)4)20-10-11-24(23(30)12-20)35-39(37,38)17-19-8-6-5-7-9-19/h5-13,15,18,21,35H,14,16-17H2,1-4H3,(H,31,32,34). The summed E-state index contributed by atoms with van der Waals surface area (Å²) < 4.78 is 56.6. The molecular weight excluding hydrogens is 522 g/mol. The van der Waals surface area contributed by atoms with Gasteiger partial charge in [-0.2, -0.15) is 0 Å². The maximum atomic E-state index is 15.0. The van der Waals surface area contributed by atoms with Gasteiger partial charge in [0.2, 0.25) is 16.0 Å². The summed E-state index contributed by atoms with van der Waals surface area (Å²) in [4.78, 5) is 15.3. The number of halogens is 2. The van der Waals surface area contributed by atoms with E-state index < -0.39 is 22.0 Å². The SMILES string of the molecule is CC(C)c1cc(-c2ccc(NS(=O)(=O)Cc3ccccc3)c(F)c2)nc2cnc(NCC(F)CN(C)C)nc12. The van der Waals surface area contributed by atoms with Gasteiger partial charge in [0.1, 0.15) is 17.5 Å². The molecule has 0 bridgehead atoms. The number of pyridine rings is 1. The van der Waals surface area contributed by atoms with Gasteiger partial charge in [0.05, 0.1) is 35.4 Å². The van der Waals surface area contributed by atoms with E-state index in [2.05, 4.69) is 25.0 Å². The molecule has 2 heterocycles. The lowest BCUT2D eigenvalue weighted by Crippen LogP contribution is -2.28. The van der Waals surface area contributed by atoms with Crippen molar-refractivity contribution >= 4 is 32.7 Å². The van der Waals surface area contributed by atoms with E-state index >= 15 is 4.39 Å². The maximum Gasteiger partial charge on any atom is 0.237 e. The molecule has 1 atom stereocenters. The summed E-state index contributed by atoms with van der Waals surface area (Å²) in [6, 6.07) is 14.8. The fraction of sp³-hybridized carbons (Fsp3) is 0.321. The Morgan fingerprint density at radius 3 is 2.44 bits per heavy atom. The summed E-state index contributed by atoms with van der Waals surface area (Å²) >= 11 is 0. The first-order valence-corrected chi connectivity index (χ1v) is 14.2. The van der Waals surface area contributed by atoms with Crippen LogP contribution in [-0.4, -0.2) is 61.6 Å². The number of fused-ring (bicyclic) bond motifs is 1. The molecule has 39 heavy (non-hydrogen) atoms. The molecule has 1 unspecified atom stereocenters. The number of rotatable bonds is 11. The molecule has 8 nitrogen and oxygen atoms in total. The first-order chi connectivity index (χ1) is 18.5. The molecule has 0 fully saturated rings. The molecule has 0 saturated heterocycles. The molecule has 0 amide bonds. The van der Waals surface area contributed by atoms with Crippen molar-refractivity contribution in [1.82, 2.24) is 19.9 Å². The first-order valence-electron chi connectivity index (χ1n) is 12.6. The van der Waals surface area contributed by atoms with Gasteiger partial charge in [-0.3, -0.25) is 4.72 Å². The minimum atomic E-state index is -3.81. The van der Waals surface area contributed by atoms with Crippen LogP contribution in [0.4, 0.5) is 20.4 Å². The van der Waals surface area contributed by atoms with E-state index in [0.29, 0.717) is 33.8 Å². The van der Waals surface area contributed by atoms with E-state index in [9.17, 15) is 12.8 Å². The van der Waals surface area contributed by atoms with E-state index in [1.54, 1.807) is 61.6 Å². The molecular formula is C28H32F2N6O2S. The lowest BCUT2D eigenvalue weighted by molar-refractivity contribution is 0.257. The van der Waals surface area contributed by atoms with Gasteiger partial charge in [-0.15, -0.1) is 0 Å². The Bertz CT molecular complexity index is 1550. The lowest BCUT2D eigenvalue weighted by Gasteiger charge is -2.16. The van der Waals surface area contributed by atoms with Crippen LogP contribution in [0.2, 0.25) is 0 Å². The molecule has 2 N–H and O–H groups in total. The quantitative estimate of drug-likeness (QED) is 0.263. The van der Waals surface area contributed by atoms with Crippen molar-refractivity contribution in [3.63, 3.8) is 0 Å². The monoisotopic (exact) mass is 554 g/mol. The highest BCUT2D eigenvalue weighted by molar-refractivity contribution is 7.91. The minimum absolute atomic E-state index is 0.0635. The Morgan fingerprint density at radius 1 is 1.03 bits per heavy atom. The van der Waals surface area contributed by atoms with Crippen molar-refractivity contribution in [2.45, 2.75) is 31.7 Å². The fourth-order valence-electron chi connectivity index (χ4n) is 4.14. The largest absolute Gasteiger partial charge is 0.351 e. The second-order valence-electron chi connectivity index (χ2n) is 9.96. The van der Waals surface area contributed by atoms with Crippen molar-refractivity contribution in [2.75, 3.05) is 37.2 Å². The molecule has 4 aromatic rings. The zero-order valence-electron chi connectivity index (χ0n) is 22.3. The Hall–Kier alpha value is -3.70. The van der Waals surface area contributed by atoms with E-state index in [-0.39, 0.29) is 30.4 Å². The van der Waals surface area contributed by atoms with Crippen LogP contribution in [0.5, 0.6) is 0 Å². The molecule has 0 spiro atoms. The highest BCUT2D eigenvalue weighted by Gasteiger charge is 2.18. The Kier molecular flexibility index (Phi) is 8.71. The van der Waals surface area contributed by atoms with Crippen LogP contribution in [0.15, 0.2) is 60.8 Å². The second kappa shape index (κ2) is 12.0. The summed E-state index contributed by atoms with van der Waals surface area (Å²) in [6.45, 7) is 4.38. The van der Waals surface area contributed by atoms with Crippen LogP contribution < -0.4 is 10.0 Å². The van der Waals surface area contributed by atoms with E-state index in [4.69, 9.17) is 0 Å². The van der Waals surface area contributed by atoms with Crippen LogP contribution in [0.1, 0.15) is 30.9 Å². The van der Waals surface area contributed by atoms with Crippen molar-refractivity contribution in [3.05, 3.63) is 77.7 Å². The van der Waals surface area contributed by atoms with Crippen molar-refractivity contribution in [3.8, 4) is 11.3 Å². The molecule has 11 heteroatoms. The van der Waals surface area contributed by atoms with Crippen LogP contribution in [0.25, 0.3) is 22.3 Å². The van der Waals surface area contributed by atoms with Crippen LogP contribution in [0.3, 0.4) is 0 Å². The molecule has 0 aliphatic rings. The van der Waals surface area contributed by atoms with Crippen LogP contribution >= 0.6 is 0 Å². The third-order valence-electron chi connectivity index (χ3n) is 5.97. The number of alkyl halides is 1. The third kappa shape index (κ3) is 7.45. The number of hydrogen-bond donors (Lipinski definition) is 2. The zero-order chi connectivity index (χ0) is 28.2. The predicted molar refractivity (Wildman–Crippen MR) is 151 cm³/mol. The summed E-state index contributed by atoms with van der Waals surface area (Å²) in [5.41, 5.74) is 3.45. The summed E-state index contributed by atoms with van der Waals surface area (Å²) in [5, 5.41) is 2.94. The van der Waals surface area contributed by atoms with Crippen molar-refractivity contribution < 1.29 is 17.2 Å². The normalized spacial score (nSPS) is 12.7. The lowest BCUT2D eigenvalue weighted by atomic mass is 9.99. The molecule has 0 saturated carbocycles. The van der Waals surface area contributed by atoms with Gasteiger partial charge < -0.3 is 10.2 Å². The number of anilines is 2. The Balaban J connectivity index is 1.58. The summed E-state index contributed by atoms with van der Waals surface area (Å²) in [5.74, 6) is -0.615. The van der Waals surface area contributed by atoms with E-state index in [0.717, 1.165) is 5.56 Å². The molecule has 4 rings (SSSR count). The van der Waals surface area contributed by atoms with Gasteiger partial charge in [0, 0.05) is 12.1 Å². The fourth-order valence-corrected chi connectivity index (χ4v) is 5.34. The number of aromatic nitrogens is 3. The molecule has 2 aromatic carbocycles. The molecule has 0 aliphatic carbocycles. The molecule has 2 aromatic heterocycles. The summed E-state index contributed by atoms with van der Waals surface area (Å²) in [7, 11) is -0.196. The number of nitrogens with one attached hydrogen (secondary N) is 2. The number of sulfonamides is 1. The predicted octanol–water partition coefficient (Wildman–Crippen LogP) is 5.21. The Morgan fingerprint density at radius 2 is 1.77 bits per heavy atom. The van der Waals surface area contributed by atoms with Gasteiger partial charge in [-0.25, -0.2) is 32.2 Å². The molecule has 0 radical (unpaired) electrons. The smallest absolute Gasteiger partial charge is 0.237 e. The van der Waals surface area contributed by atoms with E-state index in [1.807, 2.05) is 19.9 Å².